The van der Waals surface area contributed by atoms with Crippen LogP contribution in [-0.4, -0.2) is 17.3 Å². The third-order valence-electron chi connectivity index (χ3n) is 1.69. The molecule has 0 spiro atoms. The van der Waals surface area contributed by atoms with Crippen molar-refractivity contribution in [1.29, 1.82) is 0 Å². The summed E-state index contributed by atoms with van der Waals surface area (Å²) in [6.45, 7) is 0.720. The van der Waals surface area contributed by atoms with E-state index in [1.54, 1.807) is 6.07 Å². The first kappa shape index (κ1) is 9.81. The van der Waals surface area contributed by atoms with Gasteiger partial charge in [0.1, 0.15) is 5.78 Å². The Bertz CT molecular complexity index is 301. The smallest absolute Gasteiger partial charge is 0.129 e. The van der Waals surface area contributed by atoms with Gasteiger partial charge in [0.25, 0.3) is 0 Å². The van der Waals surface area contributed by atoms with Crippen LogP contribution >= 0.6 is 0 Å². The number of carbonyl (C=O) groups excluding carboxylic acids is 1. The van der Waals surface area contributed by atoms with Gasteiger partial charge in [0.15, 0.2) is 0 Å². The van der Waals surface area contributed by atoms with Gasteiger partial charge in [-0.15, -0.1) is 6.07 Å². The van der Waals surface area contributed by atoms with Crippen molar-refractivity contribution >= 4 is 11.5 Å². The quantitative estimate of drug-likeness (QED) is 0.680. The van der Waals surface area contributed by atoms with E-state index >= 15 is 0 Å². The van der Waals surface area contributed by atoms with Gasteiger partial charge in [-0.3, -0.25) is 0 Å². The zero-order valence-corrected chi connectivity index (χ0v) is 9.34. The van der Waals surface area contributed by atoms with Gasteiger partial charge in [0.05, 0.1) is 0 Å². The summed E-state index contributed by atoms with van der Waals surface area (Å²) in [5, 5.41) is 3.09. The molecule has 0 saturated carbocycles. The second kappa shape index (κ2) is 4.10. The summed E-state index contributed by atoms with van der Waals surface area (Å²) in [6, 6.07) is 3.52. The van der Waals surface area contributed by atoms with Crippen molar-refractivity contribution < 1.29 is 37.5 Å². The van der Waals surface area contributed by atoms with Crippen LogP contribution in [0.25, 0.3) is 0 Å². The van der Waals surface area contributed by atoms with Crippen LogP contribution in [-0.2, 0) is 32.7 Å². The average Bonchev–Trinajstić information content (AvgIpc) is 2.06. The van der Waals surface area contributed by atoms with Crippen LogP contribution < -0.4 is 5.32 Å². The van der Waals surface area contributed by atoms with Crippen molar-refractivity contribution in [2.24, 2.45) is 0 Å². The van der Waals surface area contributed by atoms with E-state index in [0.29, 0.717) is 12.1 Å². The number of aromatic nitrogens is 1. The molecule has 3 nitrogen and oxygen atoms in total. The van der Waals surface area contributed by atoms with Gasteiger partial charge in [-0.25, -0.2) is 0 Å². The van der Waals surface area contributed by atoms with E-state index in [9.17, 15) is 4.79 Å². The molecule has 0 unspecified atom stereocenters. The van der Waals surface area contributed by atoms with Gasteiger partial charge in [0, 0.05) is 51.4 Å². The molecule has 12 heavy (non-hydrogen) atoms. The van der Waals surface area contributed by atoms with Crippen LogP contribution in [0.4, 0.5) is 5.69 Å². The minimum Gasteiger partial charge on any atom is -0.404 e. The molecule has 2 heterocycles. The fourth-order valence-electron chi connectivity index (χ4n) is 1.15. The second-order valence-electron chi connectivity index (χ2n) is 2.44. The molecule has 0 fully saturated rings. The number of Topliss-reactive ketones (excluding diaryl/α,β-unsaturated/α-hetero) is 1. The number of fused-ring (bicyclic) bond motifs is 1. The van der Waals surface area contributed by atoms with Gasteiger partial charge in [-0.1, -0.05) is 6.20 Å². The molecule has 0 aromatic carbocycles. The predicted octanol–water partition coefficient (Wildman–Crippen LogP) is 0.878. The number of hydrogen-bond acceptors (Lipinski definition) is 3. The van der Waals surface area contributed by atoms with E-state index in [-0.39, 0.29) is 38.5 Å². The molecule has 1 N–H and O–H groups in total. The van der Waals surface area contributed by atoms with E-state index in [2.05, 4.69) is 16.5 Å². The Morgan fingerprint density at radius 3 is 3.17 bits per heavy atom. The number of pyridine rings is 1. The van der Waals surface area contributed by atoms with Crippen molar-refractivity contribution in [3.8, 4) is 0 Å². The molecular formula is C8H7N2OY-. The van der Waals surface area contributed by atoms with Crippen molar-refractivity contribution in [3.05, 3.63) is 24.0 Å². The van der Waals surface area contributed by atoms with Crippen molar-refractivity contribution in [3.63, 3.8) is 0 Å². The third-order valence-corrected chi connectivity index (χ3v) is 1.69. The zero-order chi connectivity index (χ0) is 7.68. The van der Waals surface area contributed by atoms with Crippen LogP contribution in [0.15, 0.2) is 12.1 Å². The fourth-order valence-corrected chi connectivity index (χ4v) is 1.15. The normalized spacial score (nSPS) is 14.2. The minimum atomic E-state index is 0. The molecule has 0 atom stereocenters. The molecule has 0 aliphatic carbocycles. The van der Waals surface area contributed by atoms with Crippen molar-refractivity contribution in [2.45, 2.75) is 6.42 Å². The summed E-state index contributed by atoms with van der Waals surface area (Å²) in [5.41, 5.74) is 1.36. The van der Waals surface area contributed by atoms with Gasteiger partial charge < -0.3 is 15.1 Å². The van der Waals surface area contributed by atoms with E-state index in [1.807, 2.05) is 6.07 Å². The first-order valence-electron chi connectivity index (χ1n) is 3.52. The molecule has 2 rings (SSSR count). The molecule has 0 bridgehead atoms. The molecule has 1 aliphatic rings. The molecule has 1 aromatic rings. The van der Waals surface area contributed by atoms with Gasteiger partial charge >= 0.3 is 0 Å². The number of carbonyl (C=O) groups is 1. The summed E-state index contributed by atoms with van der Waals surface area (Å²) in [5.74, 6) is 0.107. The monoisotopic (exact) mass is 236 g/mol. The first-order valence-corrected chi connectivity index (χ1v) is 3.52. The number of anilines is 1. The van der Waals surface area contributed by atoms with E-state index < -0.39 is 0 Å². The SMILES string of the molecule is O=C1CCNc2cc[c-]nc21.[Y]. The van der Waals surface area contributed by atoms with Crippen LogP contribution in [0.2, 0.25) is 0 Å². The summed E-state index contributed by atoms with van der Waals surface area (Å²) < 4.78 is 0. The van der Waals surface area contributed by atoms with Crippen LogP contribution in [0, 0.1) is 6.20 Å². The maximum absolute atomic E-state index is 11.2. The Balaban J connectivity index is 0.000000720. The van der Waals surface area contributed by atoms with Gasteiger partial charge in [-0.2, -0.15) is 6.07 Å². The van der Waals surface area contributed by atoms with Crippen LogP contribution in [0.3, 0.4) is 0 Å². The molecule has 4 heteroatoms. The molecular weight excluding hydrogens is 229 g/mol. The number of rotatable bonds is 0. The Labute approximate surface area is 95.8 Å². The summed E-state index contributed by atoms with van der Waals surface area (Å²) in [6.07, 6.45) is 3.18. The van der Waals surface area contributed by atoms with Gasteiger partial charge in [-0.05, 0) is 5.69 Å². The average molecular weight is 236 g/mol. The Morgan fingerprint density at radius 1 is 1.58 bits per heavy atom. The number of ketones is 1. The number of nitrogens with one attached hydrogen (secondary N) is 1. The Kier molecular flexibility index (Phi) is 3.35. The topological polar surface area (TPSA) is 42.0 Å². The summed E-state index contributed by atoms with van der Waals surface area (Å²) >= 11 is 0. The molecule has 1 radical (unpaired) electrons. The minimum absolute atomic E-state index is 0. The first-order chi connectivity index (χ1) is 5.38. The standard InChI is InChI=1S/C8H7N2O.Y/c11-7-3-5-9-6-2-1-4-10-8(6)7;/h1-2,9H,3,5H2;/q-1;. The molecule has 0 amide bonds. The Hall–Kier alpha value is -0.276. The van der Waals surface area contributed by atoms with Crippen LogP contribution in [0.5, 0.6) is 0 Å². The van der Waals surface area contributed by atoms with E-state index in [1.165, 1.54) is 0 Å². The van der Waals surface area contributed by atoms with Crippen molar-refractivity contribution in [1.82, 2.24) is 4.98 Å². The number of nitrogens with zero attached hydrogens (tertiary/aromatic N) is 1. The molecule has 1 aliphatic heterocycles. The third kappa shape index (κ3) is 1.72. The largest absolute Gasteiger partial charge is 0.404 e. The van der Waals surface area contributed by atoms with Crippen molar-refractivity contribution in [2.75, 3.05) is 11.9 Å². The zero-order valence-electron chi connectivity index (χ0n) is 6.50. The molecule has 1 aromatic heterocycles. The summed E-state index contributed by atoms with van der Waals surface area (Å²) in [4.78, 5) is 15.0. The Morgan fingerprint density at radius 2 is 2.42 bits per heavy atom. The summed E-state index contributed by atoms with van der Waals surface area (Å²) in [7, 11) is 0. The van der Waals surface area contributed by atoms with E-state index in [4.69, 9.17) is 0 Å². The predicted molar refractivity (Wildman–Crippen MR) is 40.5 cm³/mol. The van der Waals surface area contributed by atoms with Gasteiger partial charge in [0.2, 0.25) is 0 Å². The fraction of sp³-hybridized carbons (Fsp3) is 0.250. The molecule has 59 valence electrons. The second-order valence-corrected chi connectivity index (χ2v) is 2.44. The van der Waals surface area contributed by atoms with E-state index in [0.717, 1.165) is 12.2 Å². The molecule has 0 saturated heterocycles. The van der Waals surface area contributed by atoms with Crippen LogP contribution in [0.1, 0.15) is 16.9 Å². The number of hydrogen-bond donors (Lipinski definition) is 1. The maximum atomic E-state index is 11.2. The maximum Gasteiger partial charge on any atom is 0.129 e.